The Morgan fingerprint density at radius 3 is 2.39 bits per heavy atom. The average molecular weight is 471 g/mol. The van der Waals surface area contributed by atoms with Crippen molar-refractivity contribution in [2.24, 2.45) is 0 Å². The number of alkyl halides is 6. The van der Waals surface area contributed by atoms with Crippen LogP contribution in [-0.2, 0) is 12.4 Å². The molecule has 174 valence electrons. The molecule has 4 rings (SSSR count). The lowest BCUT2D eigenvalue weighted by molar-refractivity contribution is -0.159. The predicted octanol–water partition coefficient (Wildman–Crippen LogP) is 5.07. The van der Waals surface area contributed by atoms with E-state index in [4.69, 9.17) is 4.74 Å². The first-order valence-electron chi connectivity index (χ1n) is 9.65. The number of carbonyl (C=O) groups excluding carboxylic acids is 1. The van der Waals surface area contributed by atoms with Gasteiger partial charge in [0.2, 0.25) is 5.82 Å². The van der Waals surface area contributed by atoms with Gasteiger partial charge in [0, 0.05) is 24.1 Å². The highest BCUT2D eigenvalue weighted by molar-refractivity contribution is 5.94. The Kier molecular flexibility index (Phi) is 5.76. The molecule has 1 aliphatic heterocycles. The highest BCUT2D eigenvalue weighted by Gasteiger charge is 2.38. The van der Waals surface area contributed by atoms with Crippen LogP contribution in [0.3, 0.4) is 0 Å². The van der Waals surface area contributed by atoms with Gasteiger partial charge < -0.3 is 14.2 Å². The number of ether oxygens (including phenoxy) is 1. The number of rotatable bonds is 4. The van der Waals surface area contributed by atoms with E-state index in [1.54, 1.807) is 12.1 Å². The van der Waals surface area contributed by atoms with Gasteiger partial charge in [-0.05, 0) is 36.4 Å². The lowest BCUT2D eigenvalue weighted by atomic mass is 10.1. The van der Waals surface area contributed by atoms with Crippen LogP contribution < -0.4 is 4.74 Å². The second kappa shape index (κ2) is 8.41. The summed E-state index contributed by atoms with van der Waals surface area (Å²) in [6.07, 6.45) is -9.18. The van der Waals surface area contributed by atoms with E-state index in [0.717, 1.165) is 24.3 Å². The summed E-state index contributed by atoms with van der Waals surface area (Å²) in [4.78, 5) is 17.4. The summed E-state index contributed by atoms with van der Waals surface area (Å²) in [7, 11) is 0. The van der Waals surface area contributed by atoms with Gasteiger partial charge in [-0.1, -0.05) is 17.3 Å². The van der Waals surface area contributed by atoms with E-state index >= 15 is 0 Å². The van der Waals surface area contributed by atoms with Gasteiger partial charge in [-0.25, -0.2) is 0 Å². The summed E-state index contributed by atoms with van der Waals surface area (Å²) in [6.45, 7) is 0.536. The van der Waals surface area contributed by atoms with E-state index in [9.17, 15) is 31.1 Å². The monoisotopic (exact) mass is 471 g/mol. The molecule has 1 unspecified atom stereocenters. The number of nitrogens with zero attached hydrogens (tertiary/aromatic N) is 3. The van der Waals surface area contributed by atoms with E-state index in [1.807, 2.05) is 0 Å². The molecule has 1 fully saturated rings. The van der Waals surface area contributed by atoms with Crippen molar-refractivity contribution in [2.45, 2.75) is 24.9 Å². The molecule has 0 bridgehead atoms. The Morgan fingerprint density at radius 2 is 1.76 bits per heavy atom. The van der Waals surface area contributed by atoms with Gasteiger partial charge in [-0.3, -0.25) is 4.79 Å². The minimum atomic E-state index is -4.76. The number of hydrogen-bond acceptors (Lipinski definition) is 5. The lowest BCUT2D eigenvalue weighted by Crippen LogP contribution is -2.31. The van der Waals surface area contributed by atoms with Crippen molar-refractivity contribution in [1.82, 2.24) is 15.0 Å². The lowest BCUT2D eigenvalue weighted by Gasteiger charge is -2.18. The number of amides is 1. The molecule has 3 aromatic rings. The third-order valence-electron chi connectivity index (χ3n) is 4.95. The van der Waals surface area contributed by atoms with Crippen molar-refractivity contribution < 1.29 is 40.4 Å². The molecule has 0 N–H and O–H groups in total. The van der Waals surface area contributed by atoms with Crippen molar-refractivity contribution in [3.63, 3.8) is 0 Å². The summed E-state index contributed by atoms with van der Waals surface area (Å²) in [5.74, 6) is -1.80. The SMILES string of the molecule is O=C(c1ccc(C(F)(F)F)cc1)N1CCC(Oc2cccc(-c3noc(C(F)(F)F)n3)c2)C1. The Labute approximate surface area is 182 Å². The molecule has 0 saturated carbocycles. The topological polar surface area (TPSA) is 68.5 Å². The molecule has 1 atom stereocenters. The summed E-state index contributed by atoms with van der Waals surface area (Å²) in [6, 6.07) is 10.0. The molecule has 0 radical (unpaired) electrons. The van der Waals surface area contributed by atoms with Gasteiger partial charge in [0.25, 0.3) is 5.91 Å². The molecule has 1 saturated heterocycles. The first kappa shape index (κ1) is 22.6. The van der Waals surface area contributed by atoms with E-state index in [-0.39, 0.29) is 23.5 Å². The van der Waals surface area contributed by atoms with E-state index in [1.165, 1.54) is 17.0 Å². The molecule has 2 heterocycles. The van der Waals surface area contributed by atoms with Gasteiger partial charge in [-0.2, -0.15) is 31.3 Å². The molecule has 1 aliphatic rings. The smallest absolute Gasteiger partial charge is 0.471 e. The first-order chi connectivity index (χ1) is 15.5. The highest BCUT2D eigenvalue weighted by Crippen LogP contribution is 2.31. The summed E-state index contributed by atoms with van der Waals surface area (Å²) in [5, 5.41) is 3.33. The van der Waals surface area contributed by atoms with Crippen LogP contribution in [0.15, 0.2) is 53.1 Å². The fourth-order valence-corrected chi connectivity index (χ4v) is 3.35. The molecule has 33 heavy (non-hydrogen) atoms. The summed E-state index contributed by atoms with van der Waals surface area (Å²) < 4.78 is 86.1. The van der Waals surface area contributed by atoms with Gasteiger partial charge >= 0.3 is 18.2 Å². The van der Waals surface area contributed by atoms with Crippen molar-refractivity contribution in [3.8, 4) is 17.1 Å². The Hall–Kier alpha value is -3.57. The van der Waals surface area contributed by atoms with Crippen LogP contribution >= 0.6 is 0 Å². The van der Waals surface area contributed by atoms with Crippen molar-refractivity contribution in [2.75, 3.05) is 13.1 Å². The van der Waals surface area contributed by atoms with Crippen molar-refractivity contribution >= 4 is 5.91 Å². The van der Waals surface area contributed by atoms with Gasteiger partial charge in [-0.15, -0.1) is 0 Å². The number of halogens is 6. The maximum absolute atomic E-state index is 12.7. The average Bonchev–Trinajstić information content (AvgIpc) is 3.43. The fraction of sp³-hybridized carbons (Fsp3) is 0.286. The van der Waals surface area contributed by atoms with Crippen LogP contribution in [0.5, 0.6) is 5.75 Å². The maximum Gasteiger partial charge on any atom is 0.471 e. The van der Waals surface area contributed by atoms with Crippen LogP contribution in [0.2, 0.25) is 0 Å². The van der Waals surface area contributed by atoms with Crippen molar-refractivity contribution in [3.05, 3.63) is 65.5 Å². The maximum atomic E-state index is 12.7. The molecular formula is C21H15F6N3O3. The Balaban J connectivity index is 1.40. The second-order valence-electron chi connectivity index (χ2n) is 7.30. The number of carbonyl (C=O) groups is 1. The fourth-order valence-electron chi connectivity index (χ4n) is 3.35. The normalized spacial score (nSPS) is 16.8. The van der Waals surface area contributed by atoms with Gasteiger partial charge in [0.15, 0.2) is 0 Å². The minimum Gasteiger partial charge on any atom is -0.488 e. The molecule has 1 amide bonds. The second-order valence-corrected chi connectivity index (χ2v) is 7.30. The van der Waals surface area contributed by atoms with Crippen LogP contribution in [0.4, 0.5) is 26.3 Å². The largest absolute Gasteiger partial charge is 0.488 e. The molecular weight excluding hydrogens is 456 g/mol. The van der Waals surface area contributed by atoms with E-state index < -0.39 is 35.8 Å². The minimum absolute atomic E-state index is 0.128. The van der Waals surface area contributed by atoms with Crippen LogP contribution in [0, 0.1) is 0 Å². The third kappa shape index (κ3) is 5.10. The number of aromatic nitrogens is 2. The number of hydrogen-bond donors (Lipinski definition) is 0. The quantitative estimate of drug-likeness (QED) is 0.498. The molecule has 0 spiro atoms. The molecule has 0 aliphatic carbocycles. The van der Waals surface area contributed by atoms with Crippen LogP contribution in [0.1, 0.15) is 28.2 Å². The number of likely N-dealkylation sites (tertiary alicyclic amines) is 1. The Morgan fingerprint density at radius 1 is 1.03 bits per heavy atom. The molecule has 12 heteroatoms. The summed E-state index contributed by atoms with van der Waals surface area (Å²) >= 11 is 0. The van der Waals surface area contributed by atoms with Gasteiger partial charge in [0.1, 0.15) is 11.9 Å². The summed E-state index contributed by atoms with van der Waals surface area (Å²) in [5.41, 5.74) is -0.462. The predicted molar refractivity (Wildman–Crippen MR) is 101 cm³/mol. The third-order valence-corrected chi connectivity index (χ3v) is 4.95. The van der Waals surface area contributed by atoms with Crippen LogP contribution in [0.25, 0.3) is 11.4 Å². The highest BCUT2D eigenvalue weighted by atomic mass is 19.4. The molecule has 1 aromatic heterocycles. The van der Waals surface area contributed by atoms with E-state index in [0.29, 0.717) is 18.7 Å². The zero-order chi connectivity index (χ0) is 23.8. The van der Waals surface area contributed by atoms with Crippen molar-refractivity contribution in [1.29, 1.82) is 0 Å². The Bertz CT molecular complexity index is 1140. The first-order valence-corrected chi connectivity index (χ1v) is 9.65. The van der Waals surface area contributed by atoms with E-state index in [2.05, 4.69) is 14.7 Å². The molecule has 6 nitrogen and oxygen atoms in total. The number of benzene rings is 2. The van der Waals surface area contributed by atoms with Gasteiger partial charge in [0.05, 0.1) is 12.1 Å². The standard InChI is InChI=1S/C21H15F6N3O3/c22-20(23,24)14-6-4-12(5-7-14)18(31)30-9-8-16(11-30)32-15-3-1-2-13(10-15)17-28-19(33-29-17)21(25,26)27/h1-7,10,16H,8-9,11H2. The zero-order valence-corrected chi connectivity index (χ0v) is 16.7. The van der Waals surface area contributed by atoms with Crippen LogP contribution in [-0.4, -0.2) is 40.1 Å². The molecule has 2 aromatic carbocycles. The zero-order valence-electron chi connectivity index (χ0n) is 16.7.